The van der Waals surface area contributed by atoms with Crippen molar-refractivity contribution in [1.29, 1.82) is 5.26 Å². The molecule has 1 amide bonds. The third-order valence-corrected chi connectivity index (χ3v) is 4.71. The molecule has 0 bridgehead atoms. The highest BCUT2D eigenvalue weighted by molar-refractivity contribution is 6.10. The van der Waals surface area contributed by atoms with Gasteiger partial charge in [-0.3, -0.25) is 9.59 Å². The van der Waals surface area contributed by atoms with Crippen molar-refractivity contribution in [3.63, 3.8) is 0 Å². The van der Waals surface area contributed by atoms with Crippen LogP contribution in [0.4, 0.5) is 0 Å². The van der Waals surface area contributed by atoms with Gasteiger partial charge >= 0.3 is 0 Å². The Morgan fingerprint density at radius 1 is 1.43 bits per heavy atom. The maximum atomic E-state index is 13.2. The molecule has 1 aliphatic carbocycles. The second-order valence-electron chi connectivity index (χ2n) is 5.86. The third-order valence-electron chi connectivity index (χ3n) is 4.71. The molecule has 6 nitrogen and oxygen atoms in total. The van der Waals surface area contributed by atoms with Gasteiger partial charge in [-0.25, -0.2) is 0 Å². The van der Waals surface area contributed by atoms with E-state index in [0.717, 1.165) is 11.3 Å². The largest absolute Gasteiger partial charge is 0.445 e. The zero-order valence-corrected chi connectivity index (χ0v) is 13.3. The molecule has 0 saturated carbocycles. The molecule has 0 aromatic carbocycles. The molecule has 6 heteroatoms. The van der Waals surface area contributed by atoms with Crippen molar-refractivity contribution in [1.82, 2.24) is 4.90 Å². The Balaban J connectivity index is 2.42. The molecule has 0 aromatic heterocycles. The molecule has 23 heavy (non-hydrogen) atoms. The van der Waals surface area contributed by atoms with Gasteiger partial charge in [0.2, 0.25) is 11.8 Å². The molecule has 0 saturated heterocycles. The topological polar surface area (TPSA) is 96.4 Å². The van der Waals surface area contributed by atoms with Crippen molar-refractivity contribution in [3.05, 3.63) is 46.2 Å². The Bertz CT molecular complexity index is 807. The van der Waals surface area contributed by atoms with Crippen LogP contribution < -0.4 is 5.73 Å². The maximum Gasteiger partial charge on any atom is 0.247 e. The van der Waals surface area contributed by atoms with Crippen molar-refractivity contribution in [2.75, 3.05) is 7.05 Å². The van der Waals surface area contributed by atoms with Gasteiger partial charge in [0.25, 0.3) is 0 Å². The van der Waals surface area contributed by atoms with Gasteiger partial charge in [0, 0.05) is 19.2 Å². The summed E-state index contributed by atoms with van der Waals surface area (Å²) >= 11 is 0. The highest BCUT2D eigenvalue weighted by atomic mass is 16.5. The summed E-state index contributed by atoms with van der Waals surface area (Å²) in [6.45, 7) is 2.98. The molecule has 2 heterocycles. The maximum absolute atomic E-state index is 13.2. The van der Waals surface area contributed by atoms with Crippen molar-refractivity contribution in [2.45, 2.75) is 26.7 Å². The van der Waals surface area contributed by atoms with Crippen LogP contribution in [0, 0.1) is 16.7 Å². The molecule has 0 fully saturated rings. The second-order valence-corrected chi connectivity index (χ2v) is 5.86. The summed E-state index contributed by atoms with van der Waals surface area (Å²) in [7, 11) is 1.67. The van der Waals surface area contributed by atoms with E-state index in [1.165, 1.54) is 11.8 Å². The molecule has 2 aliphatic heterocycles. The number of carbonyl (C=O) groups is 2. The number of nitrogens with two attached hydrogens (primary N) is 1. The molecular weight excluding hydrogens is 294 g/mol. The molecule has 118 valence electrons. The van der Waals surface area contributed by atoms with Crippen LogP contribution in [-0.4, -0.2) is 23.6 Å². The van der Waals surface area contributed by atoms with Crippen molar-refractivity contribution < 1.29 is 14.3 Å². The van der Waals surface area contributed by atoms with Crippen LogP contribution in [0.25, 0.3) is 0 Å². The van der Waals surface area contributed by atoms with Gasteiger partial charge in [-0.1, -0.05) is 12.2 Å². The van der Waals surface area contributed by atoms with Gasteiger partial charge in [0.15, 0.2) is 5.78 Å². The number of ether oxygens (including phenoxy) is 1. The first kappa shape index (κ1) is 15.1. The number of allylic oxidation sites excluding steroid dienone is 3. The van der Waals surface area contributed by atoms with Crippen LogP contribution in [0.5, 0.6) is 0 Å². The van der Waals surface area contributed by atoms with E-state index in [0.29, 0.717) is 12.8 Å². The summed E-state index contributed by atoms with van der Waals surface area (Å²) in [5, 5.41) is 9.65. The Morgan fingerprint density at radius 2 is 2.09 bits per heavy atom. The van der Waals surface area contributed by atoms with E-state index in [1.54, 1.807) is 14.0 Å². The first-order valence-electron chi connectivity index (χ1n) is 7.33. The molecule has 3 rings (SSSR count). The summed E-state index contributed by atoms with van der Waals surface area (Å²) in [5.41, 5.74) is 6.25. The van der Waals surface area contributed by atoms with Crippen LogP contribution in [0.2, 0.25) is 0 Å². The molecule has 0 aromatic rings. The molecule has 3 aliphatic rings. The van der Waals surface area contributed by atoms with Gasteiger partial charge in [0.05, 0.1) is 5.57 Å². The van der Waals surface area contributed by atoms with Gasteiger partial charge in [-0.05, 0) is 25.8 Å². The number of nitriles is 1. The van der Waals surface area contributed by atoms with Crippen LogP contribution in [0.1, 0.15) is 26.7 Å². The Kier molecular flexibility index (Phi) is 3.18. The van der Waals surface area contributed by atoms with E-state index in [-0.39, 0.29) is 34.5 Å². The molecule has 1 spiro atoms. The lowest BCUT2D eigenvalue weighted by molar-refractivity contribution is -0.133. The average molecular weight is 311 g/mol. The normalized spacial score (nSPS) is 26.7. The zero-order chi connectivity index (χ0) is 16.9. The van der Waals surface area contributed by atoms with Crippen molar-refractivity contribution >= 4 is 11.7 Å². The number of fused-ring (bicyclic) bond motifs is 1. The van der Waals surface area contributed by atoms with Crippen LogP contribution in [-0.2, 0) is 14.3 Å². The van der Waals surface area contributed by atoms with Gasteiger partial charge in [-0.2, -0.15) is 5.26 Å². The standard InChI is InChI=1S/C17H17N3O3/c1-9(21)14-10(2)23-15(19)12(8-18)17(14)11-6-4-5-7-13(11)20(3)16(17)22/h4-5H,6-7,19H2,1-3H3. The summed E-state index contributed by atoms with van der Waals surface area (Å²) in [6, 6.07) is 2.01. The van der Waals surface area contributed by atoms with E-state index < -0.39 is 5.41 Å². The predicted molar refractivity (Wildman–Crippen MR) is 81.9 cm³/mol. The van der Waals surface area contributed by atoms with E-state index >= 15 is 0 Å². The van der Waals surface area contributed by atoms with Gasteiger partial charge < -0.3 is 15.4 Å². The molecule has 0 radical (unpaired) electrons. The molecule has 1 atom stereocenters. The van der Waals surface area contributed by atoms with E-state index in [9.17, 15) is 14.9 Å². The predicted octanol–water partition coefficient (Wildman–Crippen LogP) is 1.64. The first-order chi connectivity index (χ1) is 10.9. The molecule has 1 unspecified atom stereocenters. The van der Waals surface area contributed by atoms with Gasteiger partial charge in [-0.15, -0.1) is 0 Å². The minimum atomic E-state index is -1.44. The zero-order valence-electron chi connectivity index (χ0n) is 13.3. The number of hydrogen-bond donors (Lipinski definition) is 1. The highest BCUT2D eigenvalue weighted by Gasteiger charge is 2.60. The monoisotopic (exact) mass is 311 g/mol. The fourth-order valence-corrected chi connectivity index (χ4v) is 3.86. The fraction of sp³-hybridized carbons (Fsp3) is 0.353. The molecule has 2 N–H and O–H groups in total. The van der Waals surface area contributed by atoms with Crippen LogP contribution in [0.15, 0.2) is 46.2 Å². The Morgan fingerprint density at radius 3 is 2.70 bits per heavy atom. The average Bonchev–Trinajstić information content (AvgIpc) is 2.71. The smallest absolute Gasteiger partial charge is 0.247 e. The van der Waals surface area contributed by atoms with E-state index in [2.05, 4.69) is 0 Å². The quantitative estimate of drug-likeness (QED) is 0.742. The SMILES string of the molecule is CC(=O)C1=C(C)OC(N)=C(C#N)C12C(=O)N(C)C1=C2CC=CC1. The number of ketones is 1. The number of carbonyl (C=O) groups excluding carboxylic acids is 2. The number of Topliss-reactive ketones (excluding diaryl/α,β-unsaturated/α-hetero) is 1. The lowest BCUT2D eigenvalue weighted by atomic mass is 9.65. The number of hydrogen-bond acceptors (Lipinski definition) is 5. The van der Waals surface area contributed by atoms with E-state index in [1.807, 2.05) is 18.2 Å². The van der Waals surface area contributed by atoms with Crippen molar-refractivity contribution in [2.24, 2.45) is 11.1 Å². The van der Waals surface area contributed by atoms with Crippen LogP contribution in [0.3, 0.4) is 0 Å². The van der Waals surface area contributed by atoms with Gasteiger partial charge in [0.1, 0.15) is 22.8 Å². The summed E-state index contributed by atoms with van der Waals surface area (Å²) in [6.07, 6.45) is 5.00. The minimum Gasteiger partial charge on any atom is -0.445 e. The summed E-state index contributed by atoms with van der Waals surface area (Å²) in [5.74, 6) is -0.453. The second kappa shape index (κ2) is 4.85. The van der Waals surface area contributed by atoms with Crippen LogP contribution >= 0.6 is 0 Å². The lowest BCUT2D eigenvalue weighted by Crippen LogP contribution is -2.44. The minimum absolute atomic E-state index is 0.00505. The van der Waals surface area contributed by atoms with E-state index in [4.69, 9.17) is 10.5 Å². The first-order valence-corrected chi connectivity index (χ1v) is 7.33. The summed E-state index contributed by atoms with van der Waals surface area (Å²) < 4.78 is 5.40. The third kappa shape index (κ3) is 1.67. The fourth-order valence-electron chi connectivity index (χ4n) is 3.86. The Labute approximate surface area is 134 Å². The van der Waals surface area contributed by atoms with Crippen molar-refractivity contribution in [3.8, 4) is 6.07 Å². The highest BCUT2D eigenvalue weighted by Crippen LogP contribution is 2.56. The summed E-state index contributed by atoms with van der Waals surface area (Å²) in [4.78, 5) is 27.1. The lowest BCUT2D eigenvalue weighted by Gasteiger charge is -2.36. The molecular formula is C17H17N3O3. The Hall–Kier alpha value is -2.81. The number of rotatable bonds is 1. The number of amides is 1. The number of nitrogens with zero attached hydrogens (tertiary/aromatic N) is 2.